The number of anilines is 1. The smallest absolute Gasteiger partial charge is 0.281 e. The number of halogens is 1. The summed E-state index contributed by atoms with van der Waals surface area (Å²) >= 11 is 11.0. The van der Waals surface area contributed by atoms with Gasteiger partial charge < -0.3 is 10.4 Å². The molecular weight excluding hydrogens is 332 g/mol. The second-order valence-corrected chi connectivity index (χ2v) is 5.65. The number of phenolic OH excluding ortho intramolecular Hbond substituents is 1. The first-order valence-corrected chi connectivity index (χ1v) is 7.84. The number of alkyl halides is 1. The number of thiocarbonyl (C=S) groups is 1. The molecular formula is C17H13ClN2O2S. The largest absolute Gasteiger partial charge is 0.507 e. The van der Waals surface area contributed by atoms with Gasteiger partial charge in [0, 0.05) is 11.4 Å². The van der Waals surface area contributed by atoms with Crippen molar-refractivity contribution < 1.29 is 9.90 Å². The number of carbonyl (C=O) groups is 1. The number of aromatic hydroxyl groups is 1. The molecule has 4 nitrogen and oxygen atoms in total. The Morgan fingerprint density at radius 2 is 1.96 bits per heavy atom. The third kappa shape index (κ3) is 3.06. The molecule has 0 atom stereocenters. The van der Waals surface area contributed by atoms with Crippen LogP contribution in [0.3, 0.4) is 0 Å². The monoisotopic (exact) mass is 344 g/mol. The molecule has 1 amide bonds. The maximum atomic E-state index is 12.6. The van der Waals surface area contributed by atoms with Gasteiger partial charge in [-0.15, -0.1) is 11.6 Å². The molecule has 2 aromatic carbocycles. The fourth-order valence-electron chi connectivity index (χ4n) is 2.30. The highest BCUT2D eigenvalue weighted by molar-refractivity contribution is 7.80. The second-order valence-electron chi connectivity index (χ2n) is 4.99. The quantitative estimate of drug-likeness (QED) is 0.509. The predicted octanol–water partition coefficient (Wildman–Crippen LogP) is 3.39. The summed E-state index contributed by atoms with van der Waals surface area (Å²) in [5.41, 5.74) is 2.33. The van der Waals surface area contributed by atoms with E-state index in [1.165, 1.54) is 4.90 Å². The molecule has 0 saturated carbocycles. The van der Waals surface area contributed by atoms with Crippen LogP contribution in [0.25, 0.3) is 6.08 Å². The van der Waals surface area contributed by atoms with Crippen molar-refractivity contribution in [2.45, 2.75) is 5.88 Å². The van der Waals surface area contributed by atoms with Crippen LogP contribution in [0.1, 0.15) is 11.1 Å². The predicted molar refractivity (Wildman–Crippen MR) is 95.3 cm³/mol. The Morgan fingerprint density at radius 3 is 2.61 bits per heavy atom. The molecule has 1 aliphatic rings. The molecule has 0 aliphatic carbocycles. The molecule has 3 rings (SSSR count). The van der Waals surface area contributed by atoms with E-state index < -0.39 is 0 Å². The van der Waals surface area contributed by atoms with Gasteiger partial charge in [-0.3, -0.25) is 9.69 Å². The van der Waals surface area contributed by atoms with Crippen LogP contribution in [0.5, 0.6) is 5.75 Å². The van der Waals surface area contributed by atoms with Crippen LogP contribution in [0, 0.1) is 0 Å². The lowest BCUT2D eigenvalue weighted by molar-refractivity contribution is -0.113. The molecule has 2 aromatic rings. The number of hydrogen-bond acceptors (Lipinski definition) is 3. The van der Waals surface area contributed by atoms with Crippen LogP contribution in [-0.4, -0.2) is 16.1 Å². The summed E-state index contributed by atoms with van der Waals surface area (Å²) in [6.45, 7) is 0. The van der Waals surface area contributed by atoms with Crippen LogP contribution in [0.2, 0.25) is 0 Å². The maximum Gasteiger partial charge on any atom is 0.281 e. The van der Waals surface area contributed by atoms with Gasteiger partial charge in [0.25, 0.3) is 5.91 Å². The first kappa shape index (κ1) is 15.5. The summed E-state index contributed by atoms with van der Waals surface area (Å²) in [4.78, 5) is 14.0. The molecule has 6 heteroatoms. The lowest BCUT2D eigenvalue weighted by Crippen LogP contribution is -2.30. The topological polar surface area (TPSA) is 52.6 Å². The fraction of sp³-hybridized carbons (Fsp3) is 0.0588. The van der Waals surface area contributed by atoms with Gasteiger partial charge in [0.2, 0.25) is 0 Å². The Morgan fingerprint density at radius 1 is 1.22 bits per heavy atom. The van der Waals surface area contributed by atoms with Crippen molar-refractivity contribution in [3.8, 4) is 5.75 Å². The summed E-state index contributed by atoms with van der Waals surface area (Å²) < 4.78 is 0. The summed E-state index contributed by atoms with van der Waals surface area (Å²) in [5.74, 6) is 0.115. The number of benzene rings is 2. The molecule has 1 fully saturated rings. The van der Waals surface area contributed by atoms with E-state index in [-0.39, 0.29) is 11.7 Å². The van der Waals surface area contributed by atoms with Crippen LogP contribution in [-0.2, 0) is 10.7 Å². The van der Waals surface area contributed by atoms with Crippen LogP contribution < -0.4 is 10.2 Å². The molecule has 0 radical (unpaired) electrons. The van der Waals surface area contributed by atoms with E-state index in [0.29, 0.717) is 27.9 Å². The van der Waals surface area contributed by atoms with Crippen molar-refractivity contribution in [3.05, 3.63) is 65.4 Å². The molecule has 0 spiro atoms. The van der Waals surface area contributed by atoms with Gasteiger partial charge in [-0.1, -0.05) is 30.3 Å². The van der Waals surface area contributed by atoms with Crippen molar-refractivity contribution in [2.24, 2.45) is 0 Å². The number of rotatable bonds is 3. The van der Waals surface area contributed by atoms with Gasteiger partial charge in [-0.05, 0) is 42.1 Å². The van der Waals surface area contributed by atoms with Gasteiger partial charge in [0.15, 0.2) is 5.11 Å². The number of carbonyl (C=O) groups excluding carboxylic acids is 1. The normalized spacial score (nSPS) is 16.0. The number of nitrogens with one attached hydrogen (secondary N) is 1. The molecule has 116 valence electrons. The highest BCUT2D eigenvalue weighted by Gasteiger charge is 2.31. The summed E-state index contributed by atoms with van der Waals surface area (Å²) in [5, 5.41) is 13.2. The number of amides is 1. The van der Waals surface area contributed by atoms with E-state index in [2.05, 4.69) is 5.32 Å². The number of nitrogens with zero attached hydrogens (tertiary/aromatic N) is 1. The SMILES string of the molecule is O=C1C(=Cc2ccc(CCl)cc2O)NC(=S)N1c1ccccc1. The Hall–Kier alpha value is -2.37. The highest BCUT2D eigenvalue weighted by atomic mass is 35.5. The van der Waals surface area contributed by atoms with E-state index in [0.717, 1.165) is 5.56 Å². The fourth-order valence-corrected chi connectivity index (χ4v) is 2.76. The molecule has 0 bridgehead atoms. The minimum absolute atomic E-state index is 0.0642. The highest BCUT2D eigenvalue weighted by Crippen LogP contribution is 2.26. The van der Waals surface area contributed by atoms with E-state index in [4.69, 9.17) is 23.8 Å². The lowest BCUT2D eigenvalue weighted by atomic mass is 10.1. The lowest BCUT2D eigenvalue weighted by Gasteiger charge is -2.13. The summed E-state index contributed by atoms with van der Waals surface area (Å²) in [6, 6.07) is 14.2. The van der Waals surface area contributed by atoms with E-state index in [9.17, 15) is 9.90 Å². The van der Waals surface area contributed by atoms with Crippen molar-refractivity contribution in [3.63, 3.8) is 0 Å². The minimum atomic E-state index is -0.262. The third-order valence-electron chi connectivity index (χ3n) is 3.44. The van der Waals surface area contributed by atoms with Crippen LogP contribution in [0.4, 0.5) is 5.69 Å². The number of para-hydroxylation sites is 1. The number of phenols is 1. The van der Waals surface area contributed by atoms with E-state index in [1.54, 1.807) is 24.3 Å². The van der Waals surface area contributed by atoms with Crippen molar-refractivity contribution in [1.82, 2.24) is 5.32 Å². The molecule has 1 heterocycles. The Balaban J connectivity index is 1.93. The van der Waals surface area contributed by atoms with Crippen LogP contribution >= 0.6 is 23.8 Å². The van der Waals surface area contributed by atoms with E-state index >= 15 is 0 Å². The first-order chi connectivity index (χ1) is 11.1. The van der Waals surface area contributed by atoms with E-state index in [1.807, 2.05) is 30.3 Å². The molecule has 2 N–H and O–H groups in total. The zero-order chi connectivity index (χ0) is 16.4. The standard InChI is InChI=1S/C17H13ClN2O2S/c18-10-11-6-7-12(15(21)8-11)9-14-16(22)20(17(23)19-14)13-4-2-1-3-5-13/h1-9,21H,10H2,(H,19,23). The molecule has 23 heavy (non-hydrogen) atoms. The zero-order valence-electron chi connectivity index (χ0n) is 12.0. The Bertz CT molecular complexity index is 805. The van der Waals surface area contributed by atoms with Crippen LogP contribution in [0.15, 0.2) is 54.2 Å². The zero-order valence-corrected chi connectivity index (χ0v) is 13.6. The second kappa shape index (κ2) is 6.40. The van der Waals surface area contributed by atoms with Gasteiger partial charge >= 0.3 is 0 Å². The summed E-state index contributed by atoms with van der Waals surface area (Å²) in [6.07, 6.45) is 1.57. The minimum Gasteiger partial charge on any atom is -0.507 e. The number of hydrogen-bond donors (Lipinski definition) is 2. The Kier molecular flexibility index (Phi) is 4.32. The average molecular weight is 345 g/mol. The van der Waals surface area contributed by atoms with Gasteiger partial charge in [0.1, 0.15) is 11.4 Å². The third-order valence-corrected chi connectivity index (χ3v) is 4.03. The maximum absolute atomic E-state index is 12.6. The van der Waals surface area contributed by atoms with Gasteiger partial charge in [0.05, 0.1) is 5.69 Å². The van der Waals surface area contributed by atoms with Crippen molar-refractivity contribution >= 4 is 46.6 Å². The van der Waals surface area contributed by atoms with Crippen molar-refractivity contribution in [2.75, 3.05) is 4.90 Å². The average Bonchev–Trinajstić information content (AvgIpc) is 2.84. The Labute approximate surface area is 144 Å². The molecule has 0 aromatic heterocycles. The van der Waals surface area contributed by atoms with Crippen molar-refractivity contribution in [1.29, 1.82) is 0 Å². The molecule has 0 unspecified atom stereocenters. The summed E-state index contributed by atoms with van der Waals surface area (Å²) in [7, 11) is 0. The van der Waals surface area contributed by atoms with Gasteiger partial charge in [-0.2, -0.15) is 0 Å². The molecule has 1 aliphatic heterocycles. The van der Waals surface area contributed by atoms with Gasteiger partial charge in [-0.25, -0.2) is 0 Å². The first-order valence-electron chi connectivity index (χ1n) is 6.90. The molecule has 1 saturated heterocycles.